The number of halogens is 1. The van der Waals surface area contributed by atoms with E-state index in [9.17, 15) is 29.3 Å². The highest BCUT2D eigenvalue weighted by Crippen LogP contribution is 2.39. The van der Waals surface area contributed by atoms with E-state index in [4.69, 9.17) is 4.74 Å². The van der Waals surface area contributed by atoms with Crippen LogP contribution in [0.15, 0.2) is 21.9 Å². The molecule has 1 saturated heterocycles. The summed E-state index contributed by atoms with van der Waals surface area (Å²) in [7, 11) is 0. The van der Waals surface area contributed by atoms with E-state index in [0.29, 0.717) is 4.57 Å². The number of hydrogen-bond acceptors (Lipinski definition) is 6. The van der Waals surface area contributed by atoms with Crippen molar-refractivity contribution in [3.05, 3.63) is 33.1 Å². The smallest absolute Gasteiger partial charge is 0.330 e. The number of rotatable bonds is 2. The summed E-state index contributed by atoms with van der Waals surface area (Å²) in [5, 5.41) is 28.9. The molecular weight excluding hydrogens is 263 g/mol. The topological polar surface area (TPSA) is 125 Å². The second-order valence-corrected chi connectivity index (χ2v) is 4.42. The van der Waals surface area contributed by atoms with Gasteiger partial charge in [-0.2, -0.15) is 0 Å². The molecule has 1 unspecified atom stereocenters. The Kier molecular flexibility index (Phi) is 3.09. The molecule has 8 nitrogen and oxygen atoms in total. The average Bonchev–Trinajstić information content (AvgIpc) is 2.53. The molecule has 19 heavy (non-hydrogen) atoms. The van der Waals surface area contributed by atoms with Gasteiger partial charge in [-0.3, -0.25) is 14.3 Å². The minimum absolute atomic E-state index is 0.640. The van der Waals surface area contributed by atoms with Gasteiger partial charge in [0, 0.05) is 12.3 Å². The summed E-state index contributed by atoms with van der Waals surface area (Å²) in [6, 6.07) is 0.942. The molecule has 2 heterocycles. The maximum absolute atomic E-state index is 13.6. The van der Waals surface area contributed by atoms with E-state index in [-0.39, 0.29) is 0 Å². The molecule has 0 amide bonds. The summed E-state index contributed by atoms with van der Waals surface area (Å²) in [5.41, 5.74) is -3.93. The van der Waals surface area contributed by atoms with Gasteiger partial charge in [-0.1, -0.05) is 0 Å². The Bertz CT molecular complexity index is 594. The van der Waals surface area contributed by atoms with Crippen LogP contribution in [0.2, 0.25) is 0 Å². The Hall–Kier alpha value is -1.55. The largest absolute Gasteiger partial charge is 0.388 e. The van der Waals surface area contributed by atoms with E-state index in [0.717, 1.165) is 19.2 Å². The molecule has 2 rings (SSSR count). The zero-order valence-electron chi connectivity index (χ0n) is 9.91. The van der Waals surface area contributed by atoms with Crippen molar-refractivity contribution >= 4 is 0 Å². The van der Waals surface area contributed by atoms with E-state index in [1.54, 1.807) is 0 Å². The van der Waals surface area contributed by atoms with Crippen molar-refractivity contribution in [3.63, 3.8) is 0 Å². The molecule has 4 atom stereocenters. The number of H-pyrrole nitrogens is 1. The molecule has 106 valence electrons. The highest BCUT2D eigenvalue weighted by Gasteiger charge is 2.62. The third-order valence-corrected chi connectivity index (χ3v) is 3.12. The molecule has 1 fully saturated rings. The zero-order chi connectivity index (χ0) is 14.4. The standard InChI is InChI=1S/C10H13FN2O6/c1-5(14)10(7(16)9(11,18)4-19-10)13-3-2-6(15)12-8(13)17/h2-3,5,7,14,16,18H,4H2,1H3,(H,12,15,17)/t5?,7-,9+,10-/m0/s1. The Morgan fingerprint density at radius 2 is 2.26 bits per heavy atom. The first-order chi connectivity index (χ1) is 8.71. The fourth-order valence-electron chi connectivity index (χ4n) is 2.14. The van der Waals surface area contributed by atoms with Crippen LogP contribution in [0, 0.1) is 0 Å². The predicted molar refractivity (Wildman–Crippen MR) is 59.0 cm³/mol. The van der Waals surface area contributed by atoms with Crippen LogP contribution < -0.4 is 11.2 Å². The van der Waals surface area contributed by atoms with Crippen LogP contribution in [0.1, 0.15) is 6.92 Å². The Morgan fingerprint density at radius 1 is 1.63 bits per heavy atom. The number of aromatic amines is 1. The fourth-order valence-corrected chi connectivity index (χ4v) is 2.14. The number of aromatic nitrogens is 2. The lowest BCUT2D eigenvalue weighted by molar-refractivity contribution is -0.206. The highest BCUT2D eigenvalue weighted by molar-refractivity contribution is 5.03. The fraction of sp³-hybridized carbons (Fsp3) is 0.600. The molecule has 1 aromatic heterocycles. The molecule has 1 aliphatic rings. The predicted octanol–water partition coefficient (Wildman–Crippen LogP) is -2.38. The first-order valence-corrected chi connectivity index (χ1v) is 5.45. The van der Waals surface area contributed by atoms with Crippen molar-refractivity contribution in [3.8, 4) is 0 Å². The van der Waals surface area contributed by atoms with Gasteiger partial charge in [0.05, 0.1) is 0 Å². The number of nitrogens with one attached hydrogen (secondary N) is 1. The number of aliphatic hydroxyl groups excluding tert-OH is 2. The van der Waals surface area contributed by atoms with Gasteiger partial charge in [-0.25, -0.2) is 9.18 Å². The number of nitrogens with zero attached hydrogens (tertiary/aromatic N) is 1. The summed E-state index contributed by atoms with van der Waals surface area (Å²) in [5.74, 6) is -3.12. The Balaban J connectivity index is 2.66. The van der Waals surface area contributed by atoms with Crippen molar-refractivity contribution in [2.24, 2.45) is 0 Å². The van der Waals surface area contributed by atoms with E-state index >= 15 is 0 Å². The van der Waals surface area contributed by atoms with Crippen LogP contribution >= 0.6 is 0 Å². The van der Waals surface area contributed by atoms with Gasteiger partial charge in [0.25, 0.3) is 11.4 Å². The van der Waals surface area contributed by atoms with Gasteiger partial charge in [-0.05, 0) is 6.92 Å². The summed E-state index contributed by atoms with van der Waals surface area (Å²) in [6.45, 7) is 0.229. The lowest BCUT2D eigenvalue weighted by Crippen LogP contribution is -2.59. The maximum atomic E-state index is 13.6. The molecule has 0 aromatic carbocycles. The van der Waals surface area contributed by atoms with Gasteiger partial charge >= 0.3 is 5.69 Å². The Labute approximate surface area is 105 Å². The molecule has 0 saturated carbocycles. The maximum Gasteiger partial charge on any atom is 0.330 e. The third-order valence-electron chi connectivity index (χ3n) is 3.12. The molecule has 0 aliphatic carbocycles. The minimum Gasteiger partial charge on any atom is -0.388 e. The van der Waals surface area contributed by atoms with Crippen LogP contribution in [0.4, 0.5) is 4.39 Å². The first kappa shape index (κ1) is 13.9. The van der Waals surface area contributed by atoms with Crippen LogP contribution in [-0.4, -0.2) is 49.5 Å². The number of alkyl halides is 1. The van der Waals surface area contributed by atoms with Crippen molar-refractivity contribution < 1.29 is 24.4 Å². The molecule has 4 N–H and O–H groups in total. The lowest BCUT2D eigenvalue weighted by Gasteiger charge is -2.36. The molecule has 0 spiro atoms. The van der Waals surface area contributed by atoms with E-state index in [1.165, 1.54) is 0 Å². The number of aliphatic hydroxyl groups is 3. The molecule has 1 aliphatic heterocycles. The van der Waals surface area contributed by atoms with Gasteiger partial charge in [0.2, 0.25) is 5.72 Å². The highest BCUT2D eigenvalue weighted by atomic mass is 19.2. The molecule has 0 bridgehead atoms. The molecule has 0 radical (unpaired) electrons. The van der Waals surface area contributed by atoms with Crippen molar-refractivity contribution in [2.45, 2.75) is 30.7 Å². The minimum atomic E-state index is -3.12. The zero-order valence-corrected chi connectivity index (χ0v) is 9.91. The van der Waals surface area contributed by atoms with Crippen molar-refractivity contribution in [1.29, 1.82) is 0 Å². The van der Waals surface area contributed by atoms with Gasteiger partial charge in [0.15, 0.2) is 6.10 Å². The van der Waals surface area contributed by atoms with Crippen LogP contribution in [0.3, 0.4) is 0 Å². The summed E-state index contributed by atoms with van der Waals surface area (Å²) in [4.78, 5) is 24.6. The second kappa shape index (κ2) is 4.23. The van der Waals surface area contributed by atoms with E-state index < -0.39 is 41.6 Å². The summed E-state index contributed by atoms with van der Waals surface area (Å²) in [6.07, 6.45) is -2.79. The number of ether oxygens (including phenoxy) is 1. The summed E-state index contributed by atoms with van der Waals surface area (Å²) >= 11 is 0. The Morgan fingerprint density at radius 3 is 2.68 bits per heavy atom. The SMILES string of the molecule is CC(O)[C@]1(n2ccc(=O)[nH]c2=O)OC[C@](O)(F)[C@@H]1O. The summed E-state index contributed by atoms with van der Waals surface area (Å²) < 4.78 is 19.2. The van der Waals surface area contributed by atoms with E-state index in [1.807, 2.05) is 4.98 Å². The average molecular weight is 276 g/mol. The van der Waals surface area contributed by atoms with Crippen LogP contribution in [0.25, 0.3) is 0 Å². The molecule has 1 aromatic rings. The van der Waals surface area contributed by atoms with Gasteiger partial charge in [-0.15, -0.1) is 0 Å². The lowest BCUT2D eigenvalue weighted by atomic mass is 9.98. The third kappa shape index (κ3) is 1.91. The van der Waals surface area contributed by atoms with Crippen LogP contribution in [0.5, 0.6) is 0 Å². The second-order valence-electron chi connectivity index (χ2n) is 4.42. The molecule has 9 heteroatoms. The van der Waals surface area contributed by atoms with Gasteiger partial charge in [0.1, 0.15) is 12.7 Å². The van der Waals surface area contributed by atoms with E-state index in [2.05, 4.69) is 0 Å². The molecular formula is C10H13FN2O6. The monoisotopic (exact) mass is 276 g/mol. The van der Waals surface area contributed by atoms with Gasteiger partial charge < -0.3 is 20.1 Å². The van der Waals surface area contributed by atoms with Crippen molar-refractivity contribution in [2.75, 3.05) is 6.61 Å². The normalized spacial score (nSPS) is 36.4. The first-order valence-electron chi connectivity index (χ1n) is 5.45. The van der Waals surface area contributed by atoms with Crippen LogP contribution in [-0.2, 0) is 10.5 Å². The number of hydrogen-bond donors (Lipinski definition) is 4. The van der Waals surface area contributed by atoms with Crippen molar-refractivity contribution in [1.82, 2.24) is 9.55 Å². The quantitative estimate of drug-likeness (QED) is 0.478.